The van der Waals surface area contributed by atoms with Crippen molar-refractivity contribution in [2.75, 3.05) is 29.9 Å². The Balaban J connectivity index is 2.35. The summed E-state index contributed by atoms with van der Waals surface area (Å²) in [5, 5.41) is 3.64. The van der Waals surface area contributed by atoms with E-state index in [4.69, 9.17) is 0 Å². The Labute approximate surface area is 127 Å². The second kappa shape index (κ2) is 6.34. The zero-order valence-corrected chi connectivity index (χ0v) is 13.2. The van der Waals surface area contributed by atoms with Crippen LogP contribution >= 0.6 is 11.8 Å². The van der Waals surface area contributed by atoms with Crippen molar-refractivity contribution in [3.63, 3.8) is 0 Å². The summed E-state index contributed by atoms with van der Waals surface area (Å²) in [6, 6.07) is 2.22. The number of hydrogen-bond acceptors (Lipinski definition) is 4. The lowest BCUT2D eigenvalue weighted by atomic mass is 10.2. The molecule has 3 nitrogen and oxygen atoms in total. The van der Waals surface area contributed by atoms with Gasteiger partial charge in [-0.1, -0.05) is 13.8 Å². The average molecular weight is 319 g/mol. The number of thioether (sulfide) groups is 1. The first-order valence-corrected chi connectivity index (χ1v) is 7.97. The predicted octanol–water partition coefficient (Wildman–Crippen LogP) is 3.86. The van der Waals surface area contributed by atoms with E-state index in [1.54, 1.807) is 0 Å². The summed E-state index contributed by atoms with van der Waals surface area (Å²) in [5.41, 5.74) is -0.651. The molecule has 2 heterocycles. The Hall–Kier alpha value is -1.11. The first-order chi connectivity index (χ1) is 9.79. The Kier molecular flexibility index (Phi) is 4.91. The summed E-state index contributed by atoms with van der Waals surface area (Å²) in [6.07, 6.45) is -4.36. The highest BCUT2D eigenvalue weighted by molar-refractivity contribution is 8.00. The Morgan fingerprint density at radius 2 is 1.90 bits per heavy atom. The summed E-state index contributed by atoms with van der Waals surface area (Å²) < 4.78 is 39.1. The molecular weight excluding hydrogens is 299 g/mol. The van der Waals surface area contributed by atoms with Crippen molar-refractivity contribution in [2.24, 2.45) is 0 Å². The van der Waals surface area contributed by atoms with Crippen LogP contribution in [0.3, 0.4) is 0 Å². The number of nitrogens with one attached hydrogen (secondary N) is 1. The van der Waals surface area contributed by atoms with Crippen molar-refractivity contribution >= 4 is 23.4 Å². The molecule has 1 saturated heterocycles. The first-order valence-electron chi connectivity index (χ1n) is 7.03. The highest BCUT2D eigenvalue weighted by Gasteiger charge is 2.33. The fraction of sp³-hybridized carbons (Fsp3) is 0.643. The fourth-order valence-corrected chi connectivity index (χ4v) is 3.80. The van der Waals surface area contributed by atoms with Crippen molar-refractivity contribution < 1.29 is 13.2 Å². The van der Waals surface area contributed by atoms with Crippen LogP contribution in [0.25, 0.3) is 0 Å². The summed E-state index contributed by atoms with van der Waals surface area (Å²) in [5.74, 6) is 0.681. The van der Waals surface area contributed by atoms with Crippen LogP contribution < -0.4 is 10.2 Å². The van der Waals surface area contributed by atoms with Crippen molar-refractivity contribution in [1.82, 2.24) is 4.98 Å². The van der Waals surface area contributed by atoms with E-state index in [0.717, 1.165) is 25.2 Å². The molecule has 21 heavy (non-hydrogen) atoms. The molecule has 0 bridgehead atoms. The largest absolute Gasteiger partial charge is 0.416 e. The zero-order chi connectivity index (χ0) is 15.6. The van der Waals surface area contributed by atoms with E-state index in [2.05, 4.69) is 24.1 Å². The third-order valence-electron chi connectivity index (χ3n) is 3.24. The van der Waals surface area contributed by atoms with Crippen LogP contribution in [0.4, 0.5) is 24.8 Å². The van der Waals surface area contributed by atoms with Crippen molar-refractivity contribution in [3.8, 4) is 0 Å². The fourth-order valence-electron chi connectivity index (χ4n) is 2.48. The number of hydrogen-bond donors (Lipinski definition) is 1. The van der Waals surface area contributed by atoms with Crippen molar-refractivity contribution in [1.29, 1.82) is 0 Å². The number of halogens is 3. The summed E-state index contributed by atoms with van der Waals surface area (Å²) >= 11 is 1.86. The minimum absolute atomic E-state index is 0.279. The number of nitrogens with zero attached hydrogens (tertiary/aromatic N) is 2. The molecule has 2 atom stereocenters. The molecule has 0 spiro atoms. The summed E-state index contributed by atoms with van der Waals surface area (Å²) in [4.78, 5) is 6.28. The van der Waals surface area contributed by atoms with E-state index in [9.17, 15) is 13.2 Å². The highest BCUT2D eigenvalue weighted by atomic mass is 32.2. The minimum Gasteiger partial charge on any atom is -0.370 e. The molecule has 1 aromatic rings. The number of anilines is 2. The molecule has 1 N–H and O–H groups in total. The van der Waals surface area contributed by atoms with E-state index in [1.165, 1.54) is 0 Å². The zero-order valence-electron chi connectivity index (χ0n) is 12.4. The third kappa shape index (κ3) is 4.18. The quantitative estimate of drug-likeness (QED) is 0.915. The molecule has 2 unspecified atom stereocenters. The molecule has 1 aromatic heterocycles. The third-order valence-corrected chi connectivity index (χ3v) is 4.47. The van der Waals surface area contributed by atoms with Gasteiger partial charge in [0.25, 0.3) is 0 Å². The van der Waals surface area contributed by atoms with Crippen LogP contribution in [0.5, 0.6) is 0 Å². The first kappa shape index (κ1) is 16.3. The van der Waals surface area contributed by atoms with Gasteiger partial charge in [0.05, 0.1) is 5.56 Å². The molecule has 1 aliphatic heterocycles. The lowest BCUT2D eigenvalue weighted by Crippen LogP contribution is -2.41. The average Bonchev–Trinajstić information content (AvgIpc) is 2.36. The van der Waals surface area contributed by atoms with E-state index < -0.39 is 11.7 Å². The van der Waals surface area contributed by atoms with Gasteiger partial charge < -0.3 is 10.2 Å². The molecular formula is C14H20F3N3S. The smallest absolute Gasteiger partial charge is 0.370 e. The van der Waals surface area contributed by atoms with Gasteiger partial charge >= 0.3 is 6.18 Å². The van der Waals surface area contributed by atoms with E-state index in [1.807, 2.05) is 23.6 Å². The van der Waals surface area contributed by atoms with Crippen LogP contribution in [0.15, 0.2) is 12.1 Å². The van der Waals surface area contributed by atoms with Crippen LogP contribution in [0.1, 0.15) is 26.3 Å². The molecule has 1 aliphatic rings. The second-order valence-electron chi connectivity index (χ2n) is 5.29. The van der Waals surface area contributed by atoms with Crippen molar-refractivity contribution in [2.45, 2.75) is 37.4 Å². The van der Waals surface area contributed by atoms with E-state index >= 15 is 0 Å². The molecule has 0 aromatic carbocycles. The Morgan fingerprint density at radius 1 is 1.29 bits per heavy atom. The van der Waals surface area contributed by atoms with Gasteiger partial charge in [-0.3, -0.25) is 0 Å². The van der Waals surface area contributed by atoms with Crippen LogP contribution in [-0.2, 0) is 6.18 Å². The lowest BCUT2D eigenvalue weighted by molar-refractivity contribution is -0.137. The maximum Gasteiger partial charge on any atom is 0.416 e. The monoisotopic (exact) mass is 319 g/mol. The van der Waals surface area contributed by atoms with Gasteiger partial charge in [0.1, 0.15) is 11.6 Å². The molecule has 0 radical (unpaired) electrons. The number of rotatable bonds is 3. The molecule has 0 amide bonds. The molecule has 7 heteroatoms. The highest BCUT2D eigenvalue weighted by Crippen LogP contribution is 2.34. The number of alkyl halides is 3. The normalized spacial score (nSPS) is 23.2. The SMILES string of the molecule is CCNc1cc(C(F)(F)F)cc(N2CC(C)SC(C)C2)n1. The summed E-state index contributed by atoms with van der Waals surface area (Å²) in [6.45, 7) is 7.99. The van der Waals surface area contributed by atoms with Gasteiger partial charge in [-0.25, -0.2) is 4.98 Å². The maximum atomic E-state index is 13.0. The van der Waals surface area contributed by atoms with Crippen molar-refractivity contribution in [3.05, 3.63) is 17.7 Å². The van der Waals surface area contributed by atoms with Crippen LogP contribution in [0.2, 0.25) is 0 Å². The molecule has 118 valence electrons. The molecule has 0 saturated carbocycles. The van der Waals surface area contributed by atoms with Gasteiger partial charge in [-0.2, -0.15) is 24.9 Å². The van der Waals surface area contributed by atoms with Gasteiger partial charge in [0, 0.05) is 30.1 Å². The predicted molar refractivity (Wildman–Crippen MR) is 82.1 cm³/mol. The minimum atomic E-state index is -4.36. The van der Waals surface area contributed by atoms with Gasteiger partial charge in [-0.05, 0) is 19.1 Å². The topological polar surface area (TPSA) is 28.2 Å². The van der Waals surface area contributed by atoms with E-state index in [0.29, 0.717) is 22.9 Å². The van der Waals surface area contributed by atoms with Gasteiger partial charge in [0.15, 0.2) is 0 Å². The van der Waals surface area contributed by atoms with Gasteiger partial charge in [0.2, 0.25) is 0 Å². The molecule has 2 rings (SSSR count). The maximum absolute atomic E-state index is 13.0. The standard InChI is InChI=1S/C14H20F3N3S/c1-4-18-12-5-11(14(15,16)17)6-13(19-12)20-7-9(2)21-10(3)8-20/h5-6,9-10H,4,7-8H2,1-3H3,(H,18,19). The van der Waals surface area contributed by atoms with E-state index in [-0.39, 0.29) is 5.82 Å². The molecule has 1 fully saturated rings. The molecule has 0 aliphatic carbocycles. The number of aromatic nitrogens is 1. The van der Waals surface area contributed by atoms with Gasteiger partial charge in [-0.15, -0.1) is 0 Å². The van der Waals surface area contributed by atoms with Crippen LogP contribution in [-0.4, -0.2) is 35.1 Å². The van der Waals surface area contributed by atoms with Crippen LogP contribution in [0, 0.1) is 0 Å². The second-order valence-corrected chi connectivity index (χ2v) is 7.17. The lowest BCUT2D eigenvalue weighted by Gasteiger charge is -2.35. The number of pyridine rings is 1. The Morgan fingerprint density at radius 3 is 2.43 bits per heavy atom. The Bertz CT molecular complexity index is 483. The summed E-state index contributed by atoms with van der Waals surface area (Å²) in [7, 11) is 0.